The molecule has 4 nitrogen and oxygen atoms in total. The molecule has 2 aliphatic carbocycles. The predicted octanol–water partition coefficient (Wildman–Crippen LogP) is 12.6. The average Bonchev–Trinajstić information content (AvgIpc) is 3.87. The molecule has 0 N–H and O–H groups in total. The molecule has 0 fully saturated rings. The second-order valence-electron chi connectivity index (χ2n) is 14.6. The molecule has 0 bridgehead atoms. The fourth-order valence-corrected chi connectivity index (χ4v) is 9.36. The minimum atomic E-state index is 0.186. The van der Waals surface area contributed by atoms with Gasteiger partial charge in [0.05, 0.1) is 17.1 Å². The van der Waals surface area contributed by atoms with Gasteiger partial charge in [-0.1, -0.05) is 103 Å². The third-order valence-corrected chi connectivity index (χ3v) is 11.7. The highest BCUT2D eigenvalue weighted by molar-refractivity contribution is 6.16. The van der Waals surface area contributed by atoms with Crippen molar-refractivity contribution < 1.29 is 0 Å². The van der Waals surface area contributed by atoms with Gasteiger partial charge in [0.25, 0.3) is 0 Å². The van der Waals surface area contributed by atoms with Crippen molar-refractivity contribution in [2.75, 3.05) is 0 Å². The highest BCUT2D eigenvalue weighted by Crippen LogP contribution is 2.49. The molecule has 2 aliphatic rings. The van der Waals surface area contributed by atoms with E-state index in [4.69, 9.17) is 0 Å². The molecule has 0 amide bonds. The molecular formula is C50H32N4. The normalized spacial score (nSPS) is 15.0. The first kappa shape index (κ1) is 29.5. The molecule has 54 heavy (non-hydrogen) atoms. The van der Waals surface area contributed by atoms with Crippen LogP contribution < -0.4 is 0 Å². The molecule has 0 radical (unpaired) electrons. The van der Waals surface area contributed by atoms with E-state index in [0.29, 0.717) is 0 Å². The molecule has 1 atom stereocenters. The Morgan fingerprint density at radius 3 is 1.91 bits per heavy atom. The summed E-state index contributed by atoms with van der Waals surface area (Å²) in [6, 6.07) is 55.7. The molecular weight excluding hydrogens is 657 g/mol. The zero-order chi connectivity index (χ0) is 35.3. The standard InChI is InChI=1S/C50H32N4/c1-2-9-31(10-3-1)32-11-8-12-35(27-32)53-45-15-6-4-13-38(45)43-28-33(17-21-47(43)53)34-18-22-48-44(29-34)39-14-5-7-16-46(39)54(48)36-19-20-37-40-23-25-51-50-49(40)41(24-26-52-50)42(37)30-36/h1-29,36H,30H2. The largest absolute Gasteiger partial charge is 0.333 e. The van der Waals surface area contributed by atoms with E-state index in [2.05, 4.69) is 183 Å². The number of pyridine rings is 2. The Balaban J connectivity index is 0.973. The van der Waals surface area contributed by atoms with Gasteiger partial charge in [0, 0.05) is 56.0 Å². The van der Waals surface area contributed by atoms with Crippen LogP contribution in [0.15, 0.2) is 176 Å². The topological polar surface area (TPSA) is 35.6 Å². The fraction of sp³-hybridized carbons (Fsp3) is 0.0400. The van der Waals surface area contributed by atoms with Gasteiger partial charge in [0.15, 0.2) is 5.65 Å². The first-order valence-electron chi connectivity index (χ1n) is 18.7. The van der Waals surface area contributed by atoms with E-state index < -0.39 is 0 Å². The Hall–Kier alpha value is -7.04. The van der Waals surface area contributed by atoms with Crippen molar-refractivity contribution in [1.29, 1.82) is 0 Å². The minimum Gasteiger partial charge on any atom is -0.333 e. The first-order chi connectivity index (χ1) is 26.8. The van der Waals surface area contributed by atoms with Crippen LogP contribution in [0.25, 0.3) is 93.7 Å². The highest BCUT2D eigenvalue weighted by Gasteiger charge is 2.29. The molecule has 4 heterocycles. The van der Waals surface area contributed by atoms with Crippen LogP contribution >= 0.6 is 0 Å². The average molecular weight is 689 g/mol. The molecule has 0 spiro atoms. The summed E-state index contributed by atoms with van der Waals surface area (Å²) in [4.78, 5) is 9.15. The smallest absolute Gasteiger partial charge is 0.160 e. The number of aromatic nitrogens is 4. The van der Waals surface area contributed by atoms with Crippen molar-refractivity contribution >= 4 is 65.8 Å². The number of nitrogens with zero attached hydrogens (tertiary/aromatic N) is 4. The third-order valence-electron chi connectivity index (χ3n) is 11.7. The van der Waals surface area contributed by atoms with E-state index in [-0.39, 0.29) is 6.04 Å². The number of rotatable bonds is 4. The zero-order valence-corrected chi connectivity index (χ0v) is 29.3. The first-order valence-corrected chi connectivity index (χ1v) is 18.7. The van der Waals surface area contributed by atoms with Gasteiger partial charge in [0.1, 0.15) is 0 Å². The van der Waals surface area contributed by atoms with Crippen molar-refractivity contribution in [2.24, 2.45) is 0 Å². The predicted molar refractivity (Wildman–Crippen MR) is 224 cm³/mol. The molecule has 0 saturated carbocycles. The monoisotopic (exact) mass is 688 g/mol. The second kappa shape index (κ2) is 11.2. The van der Waals surface area contributed by atoms with Crippen molar-refractivity contribution in [3.63, 3.8) is 0 Å². The molecule has 252 valence electrons. The Morgan fingerprint density at radius 2 is 1.09 bits per heavy atom. The van der Waals surface area contributed by atoms with Gasteiger partial charge in [-0.25, -0.2) is 9.97 Å². The summed E-state index contributed by atoms with van der Waals surface area (Å²) in [6.45, 7) is 0. The van der Waals surface area contributed by atoms with E-state index in [1.165, 1.54) is 93.5 Å². The Bertz CT molecular complexity index is 3240. The quantitative estimate of drug-likeness (QED) is 0.184. The van der Waals surface area contributed by atoms with Gasteiger partial charge in [-0.3, -0.25) is 0 Å². The summed E-state index contributed by atoms with van der Waals surface area (Å²) >= 11 is 0. The molecule has 4 heteroatoms. The summed E-state index contributed by atoms with van der Waals surface area (Å²) in [7, 11) is 0. The van der Waals surface area contributed by atoms with Crippen LogP contribution in [-0.4, -0.2) is 19.1 Å². The summed E-state index contributed by atoms with van der Waals surface area (Å²) < 4.78 is 4.96. The molecule has 6 aromatic carbocycles. The summed E-state index contributed by atoms with van der Waals surface area (Å²) in [6.07, 6.45) is 9.43. The van der Waals surface area contributed by atoms with Crippen molar-refractivity contribution in [1.82, 2.24) is 19.1 Å². The lowest BCUT2D eigenvalue weighted by Gasteiger charge is -2.23. The molecule has 12 rings (SSSR count). The van der Waals surface area contributed by atoms with E-state index in [0.717, 1.165) is 17.8 Å². The SMILES string of the molecule is C1=CC(n2c3ccccc3c3cc(-c4ccc5c(c4)c4ccccc4n5-c4cccc(-c5ccccc5)c4)ccc32)CC2=C1c1ccnc3nccc2c13. The van der Waals surface area contributed by atoms with Crippen LogP contribution in [0.3, 0.4) is 0 Å². The molecule has 4 aromatic heterocycles. The van der Waals surface area contributed by atoms with Crippen LogP contribution in [0.4, 0.5) is 0 Å². The maximum Gasteiger partial charge on any atom is 0.160 e. The Kier molecular flexibility index (Phi) is 6.14. The fourth-order valence-electron chi connectivity index (χ4n) is 9.36. The summed E-state index contributed by atoms with van der Waals surface area (Å²) in [5.74, 6) is 0. The van der Waals surface area contributed by atoms with Crippen molar-refractivity contribution in [3.05, 3.63) is 187 Å². The van der Waals surface area contributed by atoms with Gasteiger partial charge in [-0.05, 0) is 112 Å². The Labute approximate surface area is 311 Å². The van der Waals surface area contributed by atoms with E-state index in [1.54, 1.807) is 0 Å². The number of fused-ring (bicyclic) bond motifs is 8. The number of para-hydroxylation sites is 2. The van der Waals surface area contributed by atoms with Crippen LogP contribution in [0.1, 0.15) is 23.6 Å². The van der Waals surface area contributed by atoms with Crippen LogP contribution in [0, 0.1) is 0 Å². The lowest BCUT2D eigenvalue weighted by atomic mass is 9.92. The van der Waals surface area contributed by atoms with Gasteiger partial charge in [-0.2, -0.15) is 0 Å². The van der Waals surface area contributed by atoms with Gasteiger partial charge in [-0.15, -0.1) is 0 Å². The lowest BCUT2D eigenvalue weighted by molar-refractivity contribution is 0.658. The molecule has 10 aromatic rings. The van der Waals surface area contributed by atoms with E-state index in [9.17, 15) is 0 Å². The Morgan fingerprint density at radius 1 is 0.481 bits per heavy atom. The van der Waals surface area contributed by atoms with E-state index >= 15 is 0 Å². The number of allylic oxidation sites excluding steroid dienone is 4. The second-order valence-corrected chi connectivity index (χ2v) is 14.6. The maximum absolute atomic E-state index is 4.58. The van der Waals surface area contributed by atoms with Crippen LogP contribution in [-0.2, 0) is 0 Å². The third kappa shape index (κ3) is 4.19. The maximum atomic E-state index is 4.58. The van der Waals surface area contributed by atoms with Crippen molar-refractivity contribution in [3.8, 4) is 27.9 Å². The molecule has 0 saturated heterocycles. The zero-order valence-electron chi connectivity index (χ0n) is 29.3. The van der Waals surface area contributed by atoms with Gasteiger partial charge >= 0.3 is 0 Å². The van der Waals surface area contributed by atoms with Crippen LogP contribution in [0.2, 0.25) is 0 Å². The van der Waals surface area contributed by atoms with E-state index in [1.807, 2.05) is 12.4 Å². The minimum absolute atomic E-state index is 0.186. The molecule has 0 aliphatic heterocycles. The lowest BCUT2D eigenvalue weighted by Crippen LogP contribution is -2.09. The van der Waals surface area contributed by atoms with Gasteiger partial charge < -0.3 is 9.13 Å². The van der Waals surface area contributed by atoms with Gasteiger partial charge in [0.2, 0.25) is 0 Å². The highest BCUT2D eigenvalue weighted by atomic mass is 15.0. The number of hydrogen-bond donors (Lipinski definition) is 0. The summed E-state index contributed by atoms with van der Waals surface area (Å²) in [5.41, 5.74) is 17.0. The summed E-state index contributed by atoms with van der Waals surface area (Å²) in [5, 5.41) is 6.25. The number of benzene rings is 6. The number of hydrogen-bond acceptors (Lipinski definition) is 2. The van der Waals surface area contributed by atoms with Crippen LogP contribution in [0.5, 0.6) is 0 Å². The van der Waals surface area contributed by atoms with Crippen molar-refractivity contribution in [2.45, 2.75) is 12.5 Å². The molecule has 1 unspecified atom stereocenters.